The summed E-state index contributed by atoms with van der Waals surface area (Å²) < 4.78 is 31.8. The summed E-state index contributed by atoms with van der Waals surface area (Å²) in [5.74, 6) is -0.178. The molecule has 0 aliphatic carbocycles. The molecule has 0 radical (unpaired) electrons. The quantitative estimate of drug-likeness (QED) is 0.853. The lowest BCUT2D eigenvalue weighted by Crippen LogP contribution is -2.40. The SMILES string of the molecule is CC.CC(=O)Nc1nc(-c2ccc(S(=O)(=O)N3CCOCC3)cc2)cs1.[HH]. The van der Waals surface area contributed by atoms with Gasteiger partial charge in [-0.15, -0.1) is 11.3 Å². The van der Waals surface area contributed by atoms with Crippen LogP contribution < -0.4 is 5.32 Å². The van der Waals surface area contributed by atoms with E-state index in [4.69, 9.17) is 4.74 Å². The van der Waals surface area contributed by atoms with Crippen molar-refractivity contribution in [3.63, 3.8) is 0 Å². The molecule has 0 spiro atoms. The van der Waals surface area contributed by atoms with E-state index < -0.39 is 10.0 Å². The molecule has 2 heterocycles. The van der Waals surface area contributed by atoms with Crippen LogP contribution in [0.5, 0.6) is 0 Å². The van der Waals surface area contributed by atoms with Gasteiger partial charge in [0.15, 0.2) is 5.13 Å². The highest BCUT2D eigenvalue weighted by atomic mass is 32.2. The number of thiazole rings is 1. The summed E-state index contributed by atoms with van der Waals surface area (Å²) in [7, 11) is -3.49. The first-order valence-electron chi connectivity index (χ1n) is 8.38. The largest absolute Gasteiger partial charge is 0.379 e. The van der Waals surface area contributed by atoms with Crippen molar-refractivity contribution < 1.29 is 19.4 Å². The van der Waals surface area contributed by atoms with E-state index in [-0.39, 0.29) is 12.2 Å². The fourth-order valence-corrected chi connectivity index (χ4v) is 4.52. The first-order chi connectivity index (χ1) is 12.5. The normalized spacial score (nSPS) is 15.0. The number of rotatable bonds is 4. The molecule has 0 bridgehead atoms. The van der Waals surface area contributed by atoms with Gasteiger partial charge in [-0.25, -0.2) is 13.4 Å². The number of carbonyl (C=O) groups excluding carboxylic acids is 1. The van der Waals surface area contributed by atoms with Crippen LogP contribution in [0.4, 0.5) is 5.13 Å². The molecule has 1 aliphatic heterocycles. The fourth-order valence-electron chi connectivity index (χ4n) is 2.35. The van der Waals surface area contributed by atoms with E-state index in [0.29, 0.717) is 37.1 Å². The number of aromatic nitrogens is 1. The van der Waals surface area contributed by atoms with Crippen LogP contribution >= 0.6 is 11.3 Å². The van der Waals surface area contributed by atoms with E-state index in [9.17, 15) is 13.2 Å². The number of benzene rings is 1. The summed E-state index contributed by atoms with van der Waals surface area (Å²) in [5.41, 5.74) is 1.49. The molecule has 1 aromatic heterocycles. The summed E-state index contributed by atoms with van der Waals surface area (Å²) in [6.45, 7) is 7.00. The lowest BCUT2D eigenvalue weighted by molar-refractivity contribution is -0.114. The maximum Gasteiger partial charge on any atom is 0.243 e. The van der Waals surface area contributed by atoms with Crippen LogP contribution in [0.25, 0.3) is 11.3 Å². The topological polar surface area (TPSA) is 88.6 Å². The van der Waals surface area contributed by atoms with Crippen LogP contribution in [0.3, 0.4) is 0 Å². The maximum absolute atomic E-state index is 12.6. The molecule has 1 N–H and O–H groups in total. The third-order valence-corrected chi connectivity index (χ3v) is 6.22. The monoisotopic (exact) mass is 399 g/mol. The van der Waals surface area contributed by atoms with E-state index >= 15 is 0 Å². The standard InChI is InChI=1S/C15H17N3O4S2.C2H6.H2/c1-11(19)16-15-17-14(10-23-15)12-2-4-13(5-3-12)24(20,21)18-6-8-22-9-7-18;1-2;/h2-5,10H,6-9H2,1H3,(H,16,17,19);1-2H3;1H. The van der Waals surface area contributed by atoms with Gasteiger partial charge in [0, 0.05) is 32.4 Å². The molecular weight excluding hydrogens is 374 g/mol. The number of carbonyl (C=O) groups is 1. The Morgan fingerprint density at radius 2 is 1.85 bits per heavy atom. The van der Waals surface area contributed by atoms with Gasteiger partial charge in [0.1, 0.15) is 0 Å². The van der Waals surface area contributed by atoms with E-state index in [2.05, 4.69) is 10.3 Å². The molecule has 1 aliphatic rings. The van der Waals surface area contributed by atoms with Crippen molar-refractivity contribution in [2.45, 2.75) is 25.7 Å². The molecule has 1 saturated heterocycles. The minimum atomic E-state index is -3.49. The predicted molar refractivity (Wildman–Crippen MR) is 105 cm³/mol. The summed E-state index contributed by atoms with van der Waals surface area (Å²) in [4.78, 5) is 15.6. The molecule has 1 amide bonds. The zero-order valence-corrected chi connectivity index (χ0v) is 16.7. The number of nitrogens with zero attached hydrogens (tertiary/aromatic N) is 2. The van der Waals surface area contributed by atoms with E-state index in [1.54, 1.807) is 24.3 Å². The van der Waals surface area contributed by atoms with E-state index in [0.717, 1.165) is 5.56 Å². The highest BCUT2D eigenvalue weighted by Gasteiger charge is 2.26. The highest BCUT2D eigenvalue weighted by molar-refractivity contribution is 7.89. The lowest BCUT2D eigenvalue weighted by atomic mass is 10.2. The lowest BCUT2D eigenvalue weighted by Gasteiger charge is -2.26. The van der Waals surface area contributed by atoms with Gasteiger partial charge >= 0.3 is 0 Å². The van der Waals surface area contributed by atoms with Gasteiger partial charge in [0.05, 0.1) is 23.8 Å². The van der Waals surface area contributed by atoms with Crippen LogP contribution in [-0.4, -0.2) is 49.9 Å². The molecule has 0 unspecified atom stereocenters. The molecule has 2 aromatic rings. The zero-order valence-electron chi connectivity index (χ0n) is 15.1. The van der Waals surface area contributed by atoms with Gasteiger partial charge < -0.3 is 10.1 Å². The van der Waals surface area contributed by atoms with Gasteiger partial charge in [-0.05, 0) is 12.1 Å². The Balaban J connectivity index is 0.00000118. The average Bonchev–Trinajstić information content (AvgIpc) is 3.12. The Morgan fingerprint density at radius 1 is 1.23 bits per heavy atom. The van der Waals surface area contributed by atoms with Crippen molar-refractivity contribution in [1.29, 1.82) is 0 Å². The molecule has 1 aromatic carbocycles. The molecule has 0 saturated carbocycles. The number of sulfonamides is 1. The Hall–Kier alpha value is -1.81. The van der Waals surface area contributed by atoms with Gasteiger partial charge in [0.2, 0.25) is 15.9 Å². The molecule has 1 fully saturated rings. The average molecular weight is 400 g/mol. The number of ether oxygens (including phenoxy) is 1. The zero-order chi connectivity index (χ0) is 19.2. The Labute approximate surface area is 159 Å². The molecule has 3 rings (SSSR count). The second-order valence-electron chi connectivity index (χ2n) is 5.26. The van der Waals surface area contributed by atoms with Crippen molar-refractivity contribution in [1.82, 2.24) is 9.29 Å². The number of hydrogen-bond donors (Lipinski definition) is 1. The first-order valence-corrected chi connectivity index (χ1v) is 10.7. The fraction of sp³-hybridized carbons (Fsp3) is 0.412. The molecule has 0 atom stereocenters. The Morgan fingerprint density at radius 3 is 2.42 bits per heavy atom. The van der Waals surface area contributed by atoms with Gasteiger partial charge in [-0.1, -0.05) is 26.0 Å². The number of amides is 1. The predicted octanol–water partition coefficient (Wildman–Crippen LogP) is 3.06. The van der Waals surface area contributed by atoms with Crippen LogP contribution in [0.15, 0.2) is 34.5 Å². The van der Waals surface area contributed by atoms with Crippen molar-refractivity contribution in [2.24, 2.45) is 0 Å². The van der Waals surface area contributed by atoms with Crippen LogP contribution in [0.2, 0.25) is 0 Å². The number of hydrogen-bond acceptors (Lipinski definition) is 6. The van der Waals surface area contributed by atoms with E-state index in [1.165, 1.54) is 22.6 Å². The molecular formula is C17H25N3O4S2. The van der Waals surface area contributed by atoms with Gasteiger partial charge in [-0.3, -0.25) is 4.79 Å². The van der Waals surface area contributed by atoms with Crippen molar-refractivity contribution >= 4 is 32.4 Å². The summed E-state index contributed by atoms with van der Waals surface area (Å²) >= 11 is 1.32. The Bertz CT molecular complexity index is 832. The highest BCUT2D eigenvalue weighted by Crippen LogP contribution is 2.26. The van der Waals surface area contributed by atoms with Gasteiger partial charge in [-0.2, -0.15) is 4.31 Å². The molecule has 9 heteroatoms. The smallest absolute Gasteiger partial charge is 0.243 e. The third kappa shape index (κ3) is 4.88. The first kappa shape index (κ1) is 20.5. The molecule has 144 valence electrons. The molecule has 26 heavy (non-hydrogen) atoms. The van der Waals surface area contributed by atoms with Crippen molar-refractivity contribution in [3.05, 3.63) is 29.6 Å². The third-order valence-electron chi connectivity index (χ3n) is 3.55. The minimum Gasteiger partial charge on any atom is -0.379 e. The second-order valence-corrected chi connectivity index (χ2v) is 8.06. The maximum atomic E-state index is 12.6. The minimum absolute atomic E-state index is 0. The number of anilines is 1. The second kappa shape index (κ2) is 9.22. The van der Waals surface area contributed by atoms with Crippen LogP contribution in [0, 0.1) is 0 Å². The van der Waals surface area contributed by atoms with Gasteiger partial charge in [0.25, 0.3) is 0 Å². The van der Waals surface area contributed by atoms with Crippen LogP contribution in [-0.2, 0) is 19.6 Å². The Kier molecular flexibility index (Phi) is 7.27. The summed E-state index contributed by atoms with van der Waals surface area (Å²) in [6.07, 6.45) is 0. The van der Waals surface area contributed by atoms with Crippen molar-refractivity contribution in [2.75, 3.05) is 31.6 Å². The van der Waals surface area contributed by atoms with Crippen LogP contribution in [0.1, 0.15) is 22.2 Å². The molecule has 7 nitrogen and oxygen atoms in total. The summed E-state index contributed by atoms with van der Waals surface area (Å²) in [5, 5.41) is 4.96. The number of nitrogens with one attached hydrogen (secondary N) is 1. The van der Waals surface area contributed by atoms with E-state index in [1.807, 2.05) is 19.2 Å². The van der Waals surface area contributed by atoms with Crippen molar-refractivity contribution in [3.8, 4) is 11.3 Å². The summed E-state index contributed by atoms with van der Waals surface area (Å²) in [6, 6.07) is 6.61. The number of morpholine rings is 1.